The van der Waals surface area contributed by atoms with Crippen LogP contribution in [0.3, 0.4) is 0 Å². The van der Waals surface area contributed by atoms with E-state index in [0.29, 0.717) is 35.9 Å². The fourth-order valence-electron chi connectivity index (χ4n) is 3.57. The molecule has 2 unspecified atom stereocenters. The molecule has 4 rings (SSSR count). The van der Waals surface area contributed by atoms with Crippen LogP contribution >= 0.6 is 0 Å². The van der Waals surface area contributed by atoms with Crippen molar-refractivity contribution in [2.24, 2.45) is 10.9 Å². The van der Waals surface area contributed by atoms with Crippen LogP contribution in [0, 0.1) is 5.92 Å². The summed E-state index contributed by atoms with van der Waals surface area (Å²) in [7, 11) is 1.60. The summed E-state index contributed by atoms with van der Waals surface area (Å²) in [5, 5.41) is 0. The molecular weight excluding hydrogens is 344 g/mol. The second kappa shape index (κ2) is 7.23. The molecule has 0 radical (unpaired) electrons. The van der Waals surface area contributed by atoms with E-state index in [1.807, 2.05) is 42.5 Å². The highest BCUT2D eigenvalue weighted by Crippen LogP contribution is 2.30. The third-order valence-electron chi connectivity index (χ3n) is 4.90. The van der Waals surface area contributed by atoms with Gasteiger partial charge in [-0.05, 0) is 18.2 Å². The van der Waals surface area contributed by atoms with Crippen molar-refractivity contribution in [2.45, 2.75) is 12.5 Å². The lowest BCUT2D eigenvalue weighted by molar-refractivity contribution is -0.127. The van der Waals surface area contributed by atoms with E-state index in [9.17, 15) is 9.59 Å². The highest BCUT2D eigenvalue weighted by Gasteiger charge is 2.35. The molecule has 2 amide bonds. The Balaban J connectivity index is 1.46. The largest absolute Gasteiger partial charge is 0.493 e. The molecule has 6 nitrogen and oxygen atoms in total. The Bertz CT molecular complexity index is 897. The summed E-state index contributed by atoms with van der Waals surface area (Å²) >= 11 is 0. The van der Waals surface area contributed by atoms with Crippen molar-refractivity contribution in [2.75, 3.05) is 20.2 Å². The number of amides is 2. The summed E-state index contributed by atoms with van der Waals surface area (Å²) in [5.41, 5.74) is 1.10. The Hall–Kier alpha value is -3.15. The van der Waals surface area contributed by atoms with E-state index in [1.165, 1.54) is 6.08 Å². The normalized spacial score (nSPS) is 23.6. The standard InChI is InChI=1S/C21H20N2O4/c1-26-18-8-4-5-9-19(18)27-14-10-11-23(13-14)21(25)16-12-20(24)22-17-7-3-2-6-15(16)17/h2-9,12,14-15H,10-11,13H2,1H3. The molecule has 1 aromatic carbocycles. The molecule has 0 aromatic heterocycles. The number of para-hydroxylation sites is 2. The van der Waals surface area contributed by atoms with Gasteiger partial charge in [0.1, 0.15) is 6.10 Å². The number of hydrogen-bond acceptors (Lipinski definition) is 4. The minimum absolute atomic E-state index is 0.111. The maximum atomic E-state index is 13.0. The van der Waals surface area contributed by atoms with Gasteiger partial charge in [-0.2, -0.15) is 0 Å². The first-order chi connectivity index (χ1) is 13.2. The maximum Gasteiger partial charge on any atom is 0.270 e. The third-order valence-corrected chi connectivity index (χ3v) is 4.90. The van der Waals surface area contributed by atoms with Gasteiger partial charge in [-0.15, -0.1) is 0 Å². The Morgan fingerprint density at radius 3 is 2.85 bits per heavy atom. The molecule has 1 fully saturated rings. The molecule has 1 aromatic rings. The van der Waals surface area contributed by atoms with E-state index >= 15 is 0 Å². The zero-order chi connectivity index (χ0) is 18.8. The molecule has 1 saturated heterocycles. The van der Waals surface area contributed by atoms with Gasteiger partial charge in [-0.3, -0.25) is 9.59 Å². The summed E-state index contributed by atoms with van der Waals surface area (Å²) in [6.07, 6.45) is 9.34. The number of methoxy groups -OCH3 is 1. The van der Waals surface area contributed by atoms with Gasteiger partial charge in [0.15, 0.2) is 11.5 Å². The van der Waals surface area contributed by atoms with Crippen molar-refractivity contribution < 1.29 is 19.1 Å². The number of benzene rings is 1. The molecule has 2 heterocycles. The lowest BCUT2D eigenvalue weighted by atomic mass is 9.87. The number of allylic oxidation sites excluding steroid dienone is 4. The SMILES string of the molecule is COc1ccccc1OC1CCN(C(=O)C2=CC(=O)N=C3C=CC=CC23)C1. The van der Waals surface area contributed by atoms with Crippen molar-refractivity contribution in [1.29, 1.82) is 0 Å². The van der Waals surface area contributed by atoms with Crippen LogP contribution in [0.5, 0.6) is 11.5 Å². The molecule has 6 heteroatoms. The fourth-order valence-corrected chi connectivity index (χ4v) is 3.57. The van der Waals surface area contributed by atoms with Crippen LogP contribution in [0.1, 0.15) is 6.42 Å². The number of carbonyl (C=O) groups is 2. The van der Waals surface area contributed by atoms with Crippen LogP contribution in [0.4, 0.5) is 0 Å². The average Bonchev–Trinajstić information content (AvgIpc) is 3.15. The number of aliphatic imine (C=N–C) groups is 1. The molecular formula is C21H20N2O4. The Morgan fingerprint density at radius 2 is 2.04 bits per heavy atom. The second-order valence-corrected chi connectivity index (χ2v) is 6.63. The fraction of sp³-hybridized carbons (Fsp3) is 0.286. The van der Waals surface area contributed by atoms with Crippen LogP contribution in [-0.4, -0.2) is 48.7 Å². The Morgan fingerprint density at radius 1 is 1.22 bits per heavy atom. The smallest absolute Gasteiger partial charge is 0.270 e. The number of nitrogens with zero attached hydrogens (tertiary/aromatic N) is 2. The van der Waals surface area contributed by atoms with E-state index < -0.39 is 0 Å². The molecule has 0 N–H and O–H groups in total. The van der Waals surface area contributed by atoms with Crippen LogP contribution in [0.2, 0.25) is 0 Å². The van der Waals surface area contributed by atoms with Crippen molar-refractivity contribution in [3.05, 3.63) is 60.2 Å². The molecule has 27 heavy (non-hydrogen) atoms. The zero-order valence-electron chi connectivity index (χ0n) is 15.0. The van der Waals surface area contributed by atoms with Gasteiger partial charge >= 0.3 is 0 Å². The first-order valence-electron chi connectivity index (χ1n) is 8.93. The number of hydrogen-bond donors (Lipinski definition) is 0. The summed E-state index contributed by atoms with van der Waals surface area (Å²) in [5.74, 6) is 0.566. The minimum Gasteiger partial charge on any atom is -0.493 e. The molecule has 3 aliphatic rings. The van der Waals surface area contributed by atoms with Crippen LogP contribution in [-0.2, 0) is 9.59 Å². The lowest BCUT2D eigenvalue weighted by Gasteiger charge is -2.25. The summed E-state index contributed by atoms with van der Waals surface area (Å²) in [4.78, 5) is 30.7. The monoisotopic (exact) mass is 364 g/mol. The molecule has 0 spiro atoms. The van der Waals surface area contributed by atoms with Gasteiger partial charge in [0.25, 0.3) is 11.8 Å². The van der Waals surface area contributed by atoms with Crippen LogP contribution in [0.25, 0.3) is 0 Å². The number of ether oxygens (including phenoxy) is 2. The summed E-state index contributed by atoms with van der Waals surface area (Å²) in [6, 6.07) is 7.47. The van der Waals surface area contributed by atoms with Crippen molar-refractivity contribution in [3.63, 3.8) is 0 Å². The first kappa shape index (κ1) is 17.3. The molecule has 1 aliphatic carbocycles. The van der Waals surface area contributed by atoms with E-state index in [-0.39, 0.29) is 23.8 Å². The van der Waals surface area contributed by atoms with Gasteiger partial charge in [0, 0.05) is 24.6 Å². The molecule has 0 bridgehead atoms. The topological polar surface area (TPSA) is 68.2 Å². The Kier molecular flexibility index (Phi) is 4.62. The average molecular weight is 364 g/mol. The number of carbonyl (C=O) groups excluding carboxylic acids is 2. The number of dihydropyridines is 1. The van der Waals surface area contributed by atoms with Gasteiger partial charge in [0.2, 0.25) is 0 Å². The van der Waals surface area contributed by atoms with Crippen LogP contribution < -0.4 is 9.47 Å². The van der Waals surface area contributed by atoms with E-state index in [1.54, 1.807) is 18.1 Å². The predicted molar refractivity (Wildman–Crippen MR) is 101 cm³/mol. The third kappa shape index (κ3) is 3.43. The number of fused-ring (bicyclic) bond motifs is 1. The minimum atomic E-state index is -0.384. The molecule has 2 aliphatic heterocycles. The predicted octanol–water partition coefficient (Wildman–Crippen LogP) is 2.32. The molecule has 138 valence electrons. The summed E-state index contributed by atoms with van der Waals surface area (Å²) < 4.78 is 11.4. The van der Waals surface area contributed by atoms with Crippen molar-refractivity contribution in [1.82, 2.24) is 4.90 Å². The molecule has 0 saturated carbocycles. The van der Waals surface area contributed by atoms with Crippen molar-refractivity contribution >= 4 is 17.5 Å². The highest BCUT2D eigenvalue weighted by molar-refractivity contribution is 6.18. The van der Waals surface area contributed by atoms with Crippen LogP contribution in [0.15, 0.2) is 65.2 Å². The maximum absolute atomic E-state index is 13.0. The summed E-state index contributed by atoms with van der Waals surface area (Å²) in [6.45, 7) is 1.06. The van der Waals surface area contributed by atoms with Crippen molar-refractivity contribution in [3.8, 4) is 11.5 Å². The number of rotatable bonds is 4. The molecule has 2 atom stereocenters. The number of likely N-dealkylation sites (tertiary alicyclic amines) is 1. The highest BCUT2D eigenvalue weighted by atomic mass is 16.5. The van der Waals surface area contributed by atoms with Gasteiger partial charge in [-0.25, -0.2) is 4.99 Å². The van der Waals surface area contributed by atoms with E-state index in [4.69, 9.17) is 9.47 Å². The zero-order valence-corrected chi connectivity index (χ0v) is 15.0. The lowest BCUT2D eigenvalue weighted by Crippen LogP contribution is -2.36. The van der Waals surface area contributed by atoms with Gasteiger partial charge in [-0.1, -0.05) is 30.4 Å². The Labute approximate surface area is 157 Å². The first-order valence-corrected chi connectivity index (χ1v) is 8.93. The van der Waals surface area contributed by atoms with E-state index in [0.717, 1.165) is 6.42 Å². The van der Waals surface area contributed by atoms with Gasteiger partial charge in [0.05, 0.1) is 25.3 Å². The quantitative estimate of drug-likeness (QED) is 0.822. The van der Waals surface area contributed by atoms with E-state index in [2.05, 4.69) is 4.99 Å². The van der Waals surface area contributed by atoms with Gasteiger partial charge < -0.3 is 14.4 Å². The second-order valence-electron chi connectivity index (χ2n) is 6.63.